The molecule has 0 aliphatic rings. The van der Waals surface area contributed by atoms with Crippen molar-refractivity contribution in [3.63, 3.8) is 0 Å². The fraction of sp³-hybridized carbons (Fsp3) is 0.0667. The summed E-state index contributed by atoms with van der Waals surface area (Å²) >= 11 is 0. The van der Waals surface area contributed by atoms with Crippen molar-refractivity contribution >= 4 is 23.0 Å². The van der Waals surface area contributed by atoms with Crippen LogP contribution in [0.15, 0.2) is 48.7 Å². The average Bonchev–Trinajstić information content (AvgIpc) is 2.83. The van der Waals surface area contributed by atoms with Gasteiger partial charge < -0.3 is 10.3 Å². The van der Waals surface area contributed by atoms with E-state index in [0.29, 0.717) is 12.1 Å². The molecule has 0 fully saturated rings. The Kier molecular flexibility index (Phi) is 2.98. The zero-order valence-electron chi connectivity index (χ0n) is 10.3. The van der Waals surface area contributed by atoms with E-state index in [0.717, 1.165) is 28.7 Å². The number of nitrogens with zero attached hydrogens (tertiary/aromatic N) is 1. The minimum Gasteiger partial charge on any atom is -0.365 e. The first-order valence-corrected chi connectivity index (χ1v) is 6.08. The minimum atomic E-state index is 0.578. The second-order valence-electron chi connectivity index (χ2n) is 4.25. The zero-order valence-corrected chi connectivity index (χ0v) is 10.3. The zero-order chi connectivity index (χ0) is 13.1. The average molecular weight is 251 g/mol. The van der Waals surface area contributed by atoms with Gasteiger partial charge in [0.05, 0.1) is 17.8 Å². The van der Waals surface area contributed by atoms with Gasteiger partial charge in [-0.3, -0.25) is 9.78 Å². The van der Waals surface area contributed by atoms with Crippen LogP contribution in [0, 0.1) is 0 Å². The van der Waals surface area contributed by atoms with Crippen molar-refractivity contribution in [2.45, 2.75) is 6.54 Å². The van der Waals surface area contributed by atoms with Crippen LogP contribution in [0.3, 0.4) is 0 Å². The highest BCUT2D eigenvalue weighted by Gasteiger charge is 2.09. The molecule has 0 aliphatic carbocycles. The molecule has 0 amide bonds. The number of aldehydes is 1. The predicted octanol–water partition coefficient (Wildman–Crippen LogP) is 2.99. The summed E-state index contributed by atoms with van der Waals surface area (Å²) in [7, 11) is 0. The Bertz CT molecular complexity index is 704. The number of aromatic amines is 1. The maximum Gasteiger partial charge on any atom is 0.154 e. The van der Waals surface area contributed by atoms with Gasteiger partial charge in [0.15, 0.2) is 6.29 Å². The Morgan fingerprint density at radius 2 is 2.00 bits per heavy atom. The Morgan fingerprint density at radius 1 is 1.16 bits per heavy atom. The summed E-state index contributed by atoms with van der Waals surface area (Å²) in [5, 5.41) is 4.15. The lowest BCUT2D eigenvalue weighted by atomic mass is 10.2. The number of pyridine rings is 1. The topological polar surface area (TPSA) is 57.8 Å². The van der Waals surface area contributed by atoms with Crippen molar-refractivity contribution in [3.8, 4) is 0 Å². The molecule has 0 aliphatic heterocycles. The first-order valence-electron chi connectivity index (χ1n) is 6.08. The van der Waals surface area contributed by atoms with Crippen molar-refractivity contribution in [1.29, 1.82) is 0 Å². The van der Waals surface area contributed by atoms with Gasteiger partial charge in [0.2, 0.25) is 0 Å². The molecule has 0 saturated carbocycles. The second kappa shape index (κ2) is 4.94. The lowest BCUT2D eigenvalue weighted by molar-refractivity contribution is 0.112. The standard InChI is InChI=1S/C15H13N3O/c19-10-13-12-6-1-2-7-14(12)18-15(13)17-9-11-5-3-4-8-16-11/h1-8,10,17-18H,9H2. The first-order chi connectivity index (χ1) is 9.38. The van der Waals surface area contributed by atoms with Gasteiger partial charge in [-0.2, -0.15) is 0 Å². The van der Waals surface area contributed by atoms with E-state index >= 15 is 0 Å². The van der Waals surface area contributed by atoms with Gasteiger partial charge in [0.25, 0.3) is 0 Å². The van der Waals surface area contributed by atoms with E-state index in [1.54, 1.807) is 6.20 Å². The molecule has 4 heteroatoms. The summed E-state index contributed by atoms with van der Waals surface area (Å²) in [5.41, 5.74) is 2.54. The molecule has 0 radical (unpaired) electrons. The number of fused-ring (bicyclic) bond motifs is 1. The molecular formula is C15H13N3O. The molecule has 0 bridgehead atoms. The van der Waals surface area contributed by atoms with Crippen LogP contribution in [0.5, 0.6) is 0 Å². The number of H-pyrrole nitrogens is 1. The van der Waals surface area contributed by atoms with Gasteiger partial charge in [-0.05, 0) is 18.2 Å². The maximum atomic E-state index is 11.2. The van der Waals surface area contributed by atoms with Crippen LogP contribution < -0.4 is 5.32 Å². The Balaban J connectivity index is 1.90. The second-order valence-corrected chi connectivity index (χ2v) is 4.25. The van der Waals surface area contributed by atoms with E-state index in [2.05, 4.69) is 15.3 Å². The van der Waals surface area contributed by atoms with Crippen molar-refractivity contribution < 1.29 is 4.79 Å². The number of hydrogen-bond donors (Lipinski definition) is 2. The van der Waals surface area contributed by atoms with Crippen molar-refractivity contribution in [2.24, 2.45) is 0 Å². The van der Waals surface area contributed by atoms with Crippen LogP contribution in [0.2, 0.25) is 0 Å². The van der Waals surface area contributed by atoms with Gasteiger partial charge in [0.1, 0.15) is 5.82 Å². The Labute approximate surface area is 110 Å². The van der Waals surface area contributed by atoms with Crippen LogP contribution in [-0.2, 0) is 6.54 Å². The summed E-state index contributed by atoms with van der Waals surface area (Å²) in [6, 6.07) is 13.5. The summed E-state index contributed by atoms with van der Waals surface area (Å²) < 4.78 is 0. The largest absolute Gasteiger partial charge is 0.365 e. The molecule has 2 N–H and O–H groups in total. The third-order valence-electron chi connectivity index (χ3n) is 3.04. The number of nitrogens with one attached hydrogen (secondary N) is 2. The molecule has 1 aromatic carbocycles. The molecule has 2 heterocycles. The van der Waals surface area contributed by atoms with Gasteiger partial charge in [-0.1, -0.05) is 24.3 Å². The number of benzene rings is 1. The molecule has 94 valence electrons. The SMILES string of the molecule is O=Cc1c(NCc2ccccn2)[nH]c2ccccc12. The third kappa shape index (κ3) is 2.20. The van der Waals surface area contributed by atoms with Gasteiger partial charge in [-0.15, -0.1) is 0 Å². The molecular weight excluding hydrogens is 238 g/mol. The molecule has 2 aromatic heterocycles. The number of carbonyl (C=O) groups excluding carboxylic acids is 1. The molecule has 0 atom stereocenters. The minimum absolute atomic E-state index is 0.578. The highest BCUT2D eigenvalue weighted by Crippen LogP contribution is 2.24. The van der Waals surface area contributed by atoms with E-state index < -0.39 is 0 Å². The van der Waals surface area contributed by atoms with E-state index in [1.165, 1.54) is 0 Å². The Morgan fingerprint density at radius 3 is 2.79 bits per heavy atom. The summed E-state index contributed by atoms with van der Waals surface area (Å²) in [4.78, 5) is 18.7. The van der Waals surface area contributed by atoms with Gasteiger partial charge in [0, 0.05) is 17.1 Å². The lowest BCUT2D eigenvalue weighted by Gasteiger charge is -2.04. The molecule has 3 aromatic rings. The number of anilines is 1. The molecule has 19 heavy (non-hydrogen) atoms. The number of aromatic nitrogens is 2. The van der Waals surface area contributed by atoms with E-state index in [1.807, 2.05) is 42.5 Å². The molecule has 3 rings (SSSR count). The number of para-hydroxylation sites is 1. The molecule has 4 nitrogen and oxygen atoms in total. The van der Waals surface area contributed by atoms with Crippen LogP contribution in [-0.4, -0.2) is 16.3 Å². The van der Waals surface area contributed by atoms with E-state index in [-0.39, 0.29) is 0 Å². The summed E-state index contributed by atoms with van der Waals surface area (Å²) in [6.45, 7) is 0.578. The van der Waals surface area contributed by atoms with Crippen molar-refractivity contribution in [3.05, 3.63) is 59.9 Å². The van der Waals surface area contributed by atoms with E-state index in [9.17, 15) is 4.79 Å². The van der Waals surface area contributed by atoms with Crippen LogP contribution >= 0.6 is 0 Å². The van der Waals surface area contributed by atoms with Crippen molar-refractivity contribution in [1.82, 2.24) is 9.97 Å². The molecule has 0 saturated heterocycles. The first kappa shape index (κ1) is 11.5. The Hall–Kier alpha value is -2.62. The number of rotatable bonds is 4. The highest BCUT2D eigenvalue weighted by atomic mass is 16.1. The molecule has 0 spiro atoms. The maximum absolute atomic E-state index is 11.2. The quantitative estimate of drug-likeness (QED) is 0.701. The predicted molar refractivity (Wildman–Crippen MR) is 75.2 cm³/mol. The lowest BCUT2D eigenvalue weighted by Crippen LogP contribution is -2.03. The summed E-state index contributed by atoms with van der Waals surface area (Å²) in [5.74, 6) is 0.738. The van der Waals surface area contributed by atoms with Crippen LogP contribution in [0.25, 0.3) is 10.9 Å². The summed E-state index contributed by atoms with van der Waals surface area (Å²) in [6.07, 6.45) is 2.63. The van der Waals surface area contributed by atoms with Crippen LogP contribution in [0.4, 0.5) is 5.82 Å². The third-order valence-corrected chi connectivity index (χ3v) is 3.04. The fourth-order valence-electron chi connectivity index (χ4n) is 2.11. The normalized spacial score (nSPS) is 10.5. The fourth-order valence-corrected chi connectivity index (χ4v) is 2.11. The van der Waals surface area contributed by atoms with E-state index in [4.69, 9.17) is 0 Å². The van der Waals surface area contributed by atoms with Gasteiger partial charge >= 0.3 is 0 Å². The smallest absolute Gasteiger partial charge is 0.154 e. The van der Waals surface area contributed by atoms with Crippen molar-refractivity contribution in [2.75, 3.05) is 5.32 Å². The number of hydrogen-bond acceptors (Lipinski definition) is 3. The van der Waals surface area contributed by atoms with Crippen LogP contribution in [0.1, 0.15) is 16.1 Å². The monoisotopic (exact) mass is 251 g/mol. The highest BCUT2D eigenvalue weighted by molar-refractivity contribution is 6.03. The van der Waals surface area contributed by atoms with Gasteiger partial charge in [-0.25, -0.2) is 0 Å². The molecule has 0 unspecified atom stereocenters. The number of carbonyl (C=O) groups is 1.